The van der Waals surface area contributed by atoms with Gasteiger partial charge in [-0.05, 0) is 25.1 Å². The van der Waals surface area contributed by atoms with Crippen molar-refractivity contribution in [3.8, 4) is 0 Å². The fourth-order valence-electron chi connectivity index (χ4n) is 2.30. The predicted octanol–water partition coefficient (Wildman–Crippen LogP) is 0.466. The standard InChI is InChI=1S/C10H12N2O2/c13-10(9-2-1-5-14-9)12-6-7-8(12)3-4-11-7/h1-2,5,7-8,11H,3-4,6H2. The van der Waals surface area contributed by atoms with Gasteiger partial charge in [-0.2, -0.15) is 0 Å². The van der Waals surface area contributed by atoms with E-state index in [9.17, 15) is 4.79 Å². The second-order valence-corrected chi connectivity index (χ2v) is 3.85. The van der Waals surface area contributed by atoms with E-state index in [2.05, 4.69) is 5.32 Å². The molecule has 14 heavy (non-hydrogen) atoms. The molecule has 2 aliphatic heterocycles. The minimum Gasteiger partial charge on any atom is -0.459 e. The molecule has 4 nitrogen and oxygen atoms in total. The smallest absolute Gasteiger partial charge is 0.289 e. The second-order valence-electron chi connectivity index (χ2n) is 3.85. The summed E-state index contributed by atoms with van der Waals surface area (Å²) in [5.41, 5.74) is 0. The Kier molecular flexibility index (Phi) is 1.64. The lowest BCUT2D eigenvalue weighted by Crippen LogP contribution is -2.62. The minimum atomic E-state index is 0.0277. The second kappa shape index (κ2) is 2.85. The summed E-state index contributed by atoms with van der Waals surface area (Å²) in [4.78, 5) is 13.7. The van der Waals surface area contributed by atoms with E-state index >= 15 is 0 Å². The van der Waals surface area contributed by atoms with Crippen LogP contribution in [0.3, 0.4) is 0 Å². The van der Waals surface area contributed by atoms with Crippen LogP contribution in [0, 0.1) is 0 Å². The lowest BCUT2D eigenvalue weighted by molar-refractivity contribution is 0.0379. The van der Waals surface area contributed by atoms with Crippen molar-refractivity contribution in [1.82, 2.24) is 10.2 Å². The summed E-state index contributed by atoms with van der Waals surface area (Å²) in [7, 11) is 0. The topological polar surface area (TPSA) is 45.5 Å². The number of likely N-dealkylation sites (tertiary alicyclic amines) is 1. The number of carbonyl (C=O) groups excluding carboxylic acids is 1. The number of rotatable bonds is 1. The van der Waals surface area contributed by atoms with Crippen molar-refractivity contribution in [2.24, 2.45) is 0 Å². The summed E-state index contributed by atoms with van der Waals surface area (Å²) in [6.45, 7) is 1.85. The van der Waals surface area contributed by atoms with Crippen LogP contribution in [0.5, 0.6) is 0 Å². The van der Waals surface area contributed by atoms with Gasteiger partial charge < -0.3 is 14.6 Å². The van der Waals surface area contributed by atoms with Gasteiger partial charge in [-0.1, -0.05) is 0 Å². The first kappa shape index (κ1) is 8.05. The summed E-state index contributed by atoms with van der Waals surface area (Å²) in [5.74, 6) is 0.482. The Morgan fingerprint density at radius 1 is 1.64 bits per heavy atom. The number of fused-ring (bicyclic) bond motifs is 1. The van der Waals surface area contributed by atoms with Gasteiger partial charge in [0.15, 0.2) is 5.76 Å². The van der Waals surface area contributed by atoms with Gasteiger partial charge in [0.1, 0.15) is 0 Å². The molecule has 1 amide bonds. The maximum absolute atomic E-state index is 11.8. The van der Waals surface area contributed by atoms with Gasteiger partial charge in [-0.15, -0.1) is 0 Å². The molecule has 0 aliphatic carbocycles. The molecule has 2 saturated heterocycles. The lowest BCUT2D eigenvalue weighted by Gasteiger charge is -2.43. The van der Waals surface area contributed by atoms with Crippen LogP contribution in [0.1, 0.15) is 17.0 Å². The molecule has 4 heteroatoms. The number of hydrogen-bond donors (Lipinski definition) is 1. The molecule has 3 heterocycles. The molecule has 0 radical (unpaired) electrons. The summed E-state index contributed by atoms with van der Waals surface area (Å²) < 4.78 is 5.09. The van der Waals surface area contributed by atoms with Gasteiger partial charge in [0, 0.05) is 12.6 Å². The van der Waals surface area contributed by atoms with E-state index in [0.29, 0.717) is 17.8 Å². The van der Waals surface area contributed by atoms with Crippen molar-refractivity contribution >= 4 is 5.91 Å². The quantitative estimate of drug-likeness (QED) is 0.703. The third kappa shape index (κ3) is 1.00. The fraction of sp³-hybridized carbons (Fsp3) is 0.500. The molecular formula is C10H12N2O2. The molecule has 2 fully saturated rings. The van der Waals surface area contributed by atoms with Gasteiger partial charge in [-0.25, -0.2) is 0 Å². The van der Waals surface area contributed by atoms with Crippen molar-refractivity contribution in [1.29, 1.82) is 0 Å². The van der Waals surface area contributed by atoms with Crippen LogP contribution in [0.15, 0.2) is 22.8 Å². The molecule has 0 bridgehead atoms. The zero-order chi connectivity index (χ0) is 9.54. The average molecular weight is 192 g/mol. The summed E-state index contributed by atoms with van der Waals surface area (Å²) in [6, 6.07) is 4.39. The van der Waals surface area contributed by atoms with Crippen LogP contribution < -0.4 is 5.32 Å². The van der Waals surface area contributed by atoms with Crippen molar-refractivity contribution in [2.75, 3.05) is 13.1 Å². The SMILES string of the molecule is O=C(c1ccco1)N1CC2NCCC21. The highest BCUT2D eigenvalue weighted by molar-refractivity contribution is 5.92. The van der Waals surface area contributed by atoms with Crippen LogP contribution in [0.4, 0.5) is 0 Å². The van der Waals surface area contributed by atoms with Gasteiger partial charge in [-0.3, -0.25) is 4.79 Å². The summed E-state index contributed by atoms with van der Waals surface area (Å²) >= 11 is 0. The van der Waals surface area contributed by atoms with Crippen LogP contribution in [0.2, 0.25) is 0 Å². The molecule has 0 aromatic carbocycles. The van der Waals surface area contributed by atoms with Gasteiger partial charge in [0.2, 0.25) is 0 Å². The molecule has 3 rings (SSSR count). The normalized spacial score (nSPS) is 29.9. The van der Waals surface area contributed by atoms with Crippen LogP contribution in [0.25, 0.3) is 0 Å². The molecule has 0 spiro atoms. The van der Waals surface area contributed by atoms with Crippen molar-refractivity contribution in [3.05, 3.63) is 24.2 Å². The number of nitrogens with one attached hydrogen (secondary N) is 1. The largest absolute Gasteiger partial charge is 0.459 e. The number of carbonyl (C=O) groups is 1. The van der Waals surface area contributed by atoms with Crippen LogP contribution >= 0.6 is 0 Å². The molecule has 2 unspecified atom stereocenters. The number of nitrogens with zero attached hydrogens (tertiary/aromatic N) is 1. The highest BCUT2D eigenvalue weighted by Crippen LogP contribution is 2.27. The van der Waals surface area contributed by atoms with E-state index in [1.165, 1.54) is 6.26 Å². The van der Waals surface area contributed by atoms with Gasteiger partial charge >= 0.3 is 0 Å². The highest BCUT2D eigenvalue weighted by Gasteiger charge is 2.45. The Hall–Kier alpha value is -1.29. The van der Waals surface area contributed by atoms with E-state index in [0.717, 1.165) is 19.5 Å². The number of furan rings is 1. The first-order valence-corrected chi connectivity index (χ1v) is 4.94. The Morgan fingerprint density at radius 3 is 3.29 bits per heavy atom. The third-order valence-corrected chi connectivity index (χ3v) is 3.10. The van der Waals surface area contributed by atoms with E-state index in [1.807, 2.05) is 4.90 Å². The Labute approximate surface area is 81.9 Å². The molecule has 1 aromatic rings. The highest BCUT2D eigenvalue weighted by atomic mass is 16.3. The zero-order valence-corrected chi connectivity index (χ0v) is 7.77. The zero-order valence-electron chi connectivity index (χ0n) is 7.77. The third-order valence-electron chi connectivity index (χ3n) is 3.10. The summed E-state index contributed by atoms with van der Waals surface area (Å²) in [5, 5.41) is 3.36. The van der Waals surface area contributed by atoms with Crippen molar-refractivity contribution < 1.29 is 9.21 Å². The van der Waals surface area contributed by atoms with E-state index < -0.39 is 0 Å². The first-order valence-electron chi connectivity index (χ1n) is 4.94. The Balaban J connectivity index is 1.75. The molecule has 2 aliphatic rings. The molecule has 1 N–H and O–H groups in total. The molecular weight excluding hydrogens is 180 g/mol. The maximum Gasteiger partial charge on any atom is 0.289 e. The predicted molar refractivity (Wildman–Crippen MR) is 49.9 cm³/mol. The van der Waals surface area contributed by atoms with Crippen LogP contribution in [-0.4, -0.2) is 36.0 Å². The molecule has 74 valence electrons. The van der Waals surface area contributed by atoms with Crippen molar-refractivity contribution in [2.45, 2.75) is 18.5 Å². The Morgan fingerprint density at radius 2 is 2.57 bits per heavy atom. The van der Waals surface area contributed by atoms with E-state index in [-0.39, 0.29) is 5.91 Å². The van der Waals surface area contributed by atoms with Crippen molar-refractivity contribution in [3.63, 3.8) is 0 Å². The van der Waals surface area contributed by atoms with E-state index in [4.69, 9.17) is 4.42 Å². The maximum atomic E-state index is 11.8. The number of amides is 1. The molecule has 1 aromatic heterocycles. The molecule has 0 saturated carbocycles. The fourth-order valence-corrected chi connectivity index (χ4v) is 2.30. The first-order chi connectivity index (χ1) is 6.86. The monoisotopic (exact) mass is 192 g/mol. The average Bonchev–Trinajstić information content (AvgIpc) is 2.75. The van der Waals surface area contributed by atoms with E-state index in [1.54, 1.807) is 12.1 Å². The van der Waals surface area contributed by atoms with Gasteiger partial charge in [0.05, 0.1) is 12.3 Å². The minimum absolute atomic E-state index is 0.0277. The number of hydrogen-bond acceptors (Lipinski definition) is 3. The molecule has 2 atom stereocenters. The lowest BCUT2D eigenvalue weighted by atomic mass is 9.97. The van der Waals surface area contributed by atoms with Gasteiger partial charge in [0.25, 0.3) is 5.91 Å². The summed E-state index contributed by atoms with van der Waals surface area (Å²) in [6.07, 6.45) is 2.61. The van der Waals surface area contributed by atoms with Crippen LogP contribution in [-0.2, 0) is 0 Å². The Bertz CT molecular complexity index is 347.